The van der Waals surface area contributed by atoms with Gasteiger partial charge in [0.05, 0.1) is 11.3 Å². The fourth-order valence-corrected chi connectivity index (χ4v) is 3.63. The molecule has 3 aromatic rings. The van der Waals surface area contributed by atoms with Crippen LogP contribution in [0.1, 0.15) is 18.2 Å². The molecule has 0 bridgehead atoms. The van der Waals surface area contributed by atoms with Crippen LogP contribution in [0.25, 0.3) is 17.4 Å². The Morgan fingerprint density at radius 3 is 2.45 bits per heavy atom. The first-order valence-corrected chi connectivity index (χ1v) is 10.3. The number of carbonyl (C=O) groups is 2. The summed E-state index contributed by atoms with van der Waals surface area (Å²) in [6, 6.07) is 12.4. The Balaban J connectivity index is 1.67. The van der Waals surface area contributed by atoms with Crippen molar-refractivity contribution in [2.24, 2.45) is 0 Å². The molecule has 2 aromatic carbocycles. The van der Waals surface area contributed by atoms with Crippen LogP contribution in [-0.2, 0) is 15.5 Å². The molecular formula is C23H14ClF3N2O3S. The predicted octanol–water partition coefficient (Wildman–Crippen LogP) is 5.68. The van der Waals surface area contributed by atoms with E-state index in [9.17, 15) is 22.8 Å². The van der Waals surface area contributed by atoms with Crippen molar-refractivity contribution in [3.8, 4) is 11.3 Å². The molecule has 5 nitrogen and oxygen atoms in total. The minimum Gasteiger partial charge on any atom is -0.457 e. The van der Waals surface area contributed by atoms with Crippen molar-refractivity contribution in [2.75, 3.05) is 4.90 Å². The summed E-state index contributed by atoms with van der Waals surface area (Å²) < 4.78 is 46.7. The Morgan fingerprint density at radius 2 is 1.79 bits per heavy atom. The summed E-state index contributed by atoms with van der Waals surface area (Å²) in [7, 11) is 0. The van der Waals surface area contributed by atoms with Crippen molar-refractivity contribution in [1.29, 1.82) is 0 Å². The number of hydrogen-bond donors (Lipinski definition) is 1. The highest BCUT2D eigenvalue weighted by atomic mass is 35.5. The second-order valence-electron chi connectivity index (χ2n) is 7.22. The van der Waals surface area contributed by atoms with Crippen LogP contribution in [0.5, 0.6) is 0 Å². The van der Waals surface area contributed by atoms with E-state index < -0.39 is 29.1 Å². The van der Waals surface area contributed by atoms with E-state index in [1.165, 1.54) is 24.3 Å². The number of amides is 2. The maximum absolute atomic E-state index is 13.8. The van der Waals surface area contributed by atoms with E-state index in [-0.39, 0.29) is 27.8 Å². The molecule has 0 saturated carbocycles. The van der Waals surface area contributed by atoms with Crippen molar-refractivity contribution in [3.05, 3.63) is 82.3 Å². The quantitative estimate of drug-likeness (QED) is 0.290. The Hall–Kier alpha value is -3.43. The number of alkyl halides is 2. The van der Waals surface area contributed by atoms with Crippen LogP contribution in [-0.4, -0.2) is 16.9 Å². The van der Waals surface area contributed by atoms with Crippen molar-refractivity contribution in [3.63, 3.8) is 0 Å². The molecule has 168 valence electrons. The van der Waals surface area contributed by atoms with Gasteiger partial charge in [-0.3, -0.25) is 19.8 Å². The lowest BCUT2D eigenvalue weighted by Gasteiger charge is -2.28. The van der Waals surface area contributed by atoms with Gasteiger partial charge in [0.15, 0.2) is 5.11 Å². The number of nitrogens with one attached hydrogen (secondary N) is 1. The van der Waals surface area contributed by atoms with Gasteiger partial charge >= 0.3 is 0 Å². The molecule has 33 heavy (non-hydrogen) atoms. The first kappa shape index (κ1) is 22.8. The van der Waals surface area contributed by atoms with Gasteiger partial charge in [0.25, 0.3) is 17.7 Å². The molecule has 1 saturated heterocycles. The van der Waals surface area contributed by atoms with Gasteiger partial charge < -0.3 is 4.42 Å². The topological polar surface area (TPSA) is 62.6 Å². The highest BCUT2D eigenvalue weighted by Crippen LogP contribution is 2.33. The summed E-state index contributed by atoms with van der Waals surface area (Å²) in [6.45, 7) is 0.595. The number of rotatable bonds is 4. The smallest absolute Gasteiger partial charge is 0.273 e. The minimum absolute atomic E-state index is 0.0936. The predicted molar refractivity (Wildman–Crippen MR) is 121 cm³/mol. The van der Waals surface area contributed by atoms with Crippen LogP contribution in [0.4, 0.5) is 18.9 Å². The monoisotopic (exact) mass is 490 g/mol. The first-order valence-electron chi connectivity index (χ1n) is 9.49. The molecule has 4 rings (SSSR count). The van der Waals surface area contributed by atoms with Crippen LogP contribution < -0.4 is 10.2 Å². The Morgan fingerprint density at radius 1 is 1.09 bits per heavy atom. The standard InChI is InChI=1S/C23H14ClF3N2O3S/c1-23(26,27)17-10-12(2-8-18(17)25)19-9-7-15(32-19)11-16-20(30)28-22(33)29(21(16)31)14-5-3-13(24)4-6-14/h2-11H,1H3,(H,28,30,33). The number of hydrogen-bond acceptors (Lipinski definition) is 4. The molecule has 1 aromatic heterocycles. The van der Waals surface area contributed by atoms with Crippen molar-refractivity contribution in [1.82, 2.24) is 5.32 Å². The lowest BCUT2D eigenvalue weighted by atomic mass is 10.0. The van der Waals surface area contributed by atoms with E-state index in [1.54, 1.807) is 24.3 Å². The van der Waals surface area contributed by atoms with Crippen LogP contribution in [0.3, 0.4) is 0 Å². The van der Waals surface area contributed by atoms with E-state index in [1.807, 2.05) is 0 Å². The van der Waals surface area contributed by atoms with Gasteiger partial charge in [0, 0.05) is 17.5 Å². The van der Waals surface area contributed by atoms with Crippen LogP contribution >= 0.6 is 23.8 Å². The average molecular weight is 491 g/mol. The van der Waals surface area contributed by atoms with E-state index >= 15 is 0 Å². The zero-order valence-corrected chi connectivity index (χ0v) is 18.4. The third-order valence-corrected chi connectivity index (χ3v) is 5.36. The Bertz CT molecular complexity index is 1310. The molecule has 0 aliphatic carbocycles. The second-order valence-corrected chi connectivity index (χ2v) is 8.04. The molecular weight excluding hydrogens is 477 g/mol. The average Bonchev–Trinajstić information content (AvgIpc) is 3.20. The fraction of sp³-hybridized carbons (Fsp3) is 0.0870. The second kappa shape index (κ2) is 8.49. The Labute approximate surface area is 196 Å². The SMILES string of the molecule is CC(F)(F)c1cc(-c2ccc(C=C3C(=O)NC(=S)N(c4ccc(Cl)cc4)C3=O)o2)ccc1F. The Kier molecular flexibility index (Phi) is 5.85. The largest absolute Gasteiger partial charge is 0.457 e. The zero-order chi connectivity index (χ0) is 23.9. The first-order chi connectivity index (χ1) is 15.5. The molecule has 1 aliphatic rings. The van der Waals surface area contributed by atoms with E-state index in [0.29, 0.717) is 17.6 Å². The van der Waals surface area contributed by atoms with Gasteiger partial charge in [0.1, 0.15) is 22.9 Å². The number of nitrogens with zero attached hydrogens (tertiary/aromatic N) is 1. The van der Waals surface area contributed by atoms with Gasteiger partial charge in [-0.05, 0) is 72.9 Å². The summed E-state index contributed by atoms with van der Waals surface area (Å²) in [5, 5.41) is 2.81. The zero-order valence-electron chi connectivity index (χ0n) is 16.9. The van der Waals surface area contributed by atoms with E-state index in [0.717, 1.165) is 17.0 Å². The lowest BCUT2D eigenvalue weighted by molar-refractivity contribution is -0.122. The molecule has 10 heteroatoms. The molecule has 0 atom stereocenters. The number of anilines is 1. The van der Waals surface area contributed by atoms with E-state index in [2.05, 4.69) is 5.32 Å². The van der Waals surface area contributed by atoms with Crippen LogP contribution in [0.2, 0.25) is 5.02 Å². The third kappa shape index (κ3) is 4.55. The minimum atomic E-state index is -3.38. The highest BCUT2D eigenvalue weighted by molar-refractivity contribution is 7.80. The van der Waals surface area contributed by atoms with E-state index in [4.69, 9.17) is 28.2 Å². The highest BCUT2D eigenvalue weighted by Gasteiger charge is 2.35. The summed E-state index contributed by atoms with van der Waals surface area (Å²) in [4.78, 5) is 26.6. The maximum atomic E-state index is 13.8. The molecule has 0 radical (unpaired) electrons. The van der Waals surface area contributed by atoms with Gasteiger partial charge in [-0.1, -0.05) is 11.6 Å². The molecule has 0 spiro atoms. The van der Waals surface area contributed by atoms with Crippen molar-refractivity contribution < 1.29 is 27.2 Å². The molecule has 1 aliphatic heterocycles. The molecule has 1 fully saturated rings. The lowest BCUT2D eigenvalue weighted by Crippen LogP contribution is -2.54. The number of halogens is 4. The molecule has 2 heterocycles. The summed E-state index contributed by atoms with van der Waals surface area (Å²) in [6.07, 6.45) is 1.21. The number of carbonyl (C=O) groups excluding carboxylic acids is 2. The summed E-state index contributed by atoms with van der Waals surface area (Å²) >= 11 is 11.0. The molecule has 2 amide bonds. The summed E-state index contributed by atoms with van der Waals surface area (Å²) in [5.74, 6) is -5.56. The molecule has 1 N–H and O–H groups in total. The van der Waals surface area contributed by atoms with Crippen molar-refractivity contribution >= 4 is 52.5 Å². The number of furan rings is 1. The van der Waals surface area contributed by atoms with Crippen LogP contribution in [0.15, 0.2) is 64.6 Å². The van der Waals surface area contributed by atoms with Gasteiger partial charge in [-0.2, -0.15) is 0 Å². The number of thiocarbonyl (C=S) groups is 1. The van der Waals surface area contributed by atoms with Gasteiger partial charge in [-0.15, -0.1) is 0 Å². The maximum Gasteiger partial charge on any atom is 0.273 e. The molecule has 0 unspecified atom stereocenters. The third-order valence-electron chi connectivity index (χ3n) is 4.82. The normalized spacial score (nSPS) is 15.8. The van der Waals surface area contributed by atoms with Crippen LogP contribution in [0, 0.1) is 5.82 Å². The van der Waals surface area contributed by atoms with Gasteiger partial charge in [0.2, 0.25) is 0 Å². The fourth-order valence-electron chi connectivity index (χ4n) is 3.22. The van der Waals surface area contributed by atoms with Crippen molar-refractivity contribution in [2.45, 2.75) is 12.8 Å². The summed E-state index contributed by atoms with van der Waals surface area (Å²) in [5.41, 5.74) is -0.412. The number of benzene rings is 2. The van der Waals surface area contributed by atoms with Gasteiger partial charge in [-0.25, -0.2) is 13.2 Å².